The van der Waals surface area contributed by atoms with Crippen LogP contribution in [0.4, 0.5) is 5.82 Å². The van der Waals surface area contributed by atoms with Crippen molar-refractivity contribution >= 4 is 11.7 Å². The minimum Gasteiger partial charge on any atom is -0.471 e. The van der Waals surface area contributed by atoms with Crippen LogP contribution >= 0.6 is 0 Å². The molecular formula is C19H23N5O5. The summed E-state index contributed by atoms with van der Waals surface area (Å²) in [6, 6.07) is 8.56. The van der Waals surface area contributed by atoms with Gasteiger partial charge < -0.3 is 20.7 Å². The van der Waals surface area contributed by atoms with Gasteiger partial charge in [-0.1, -0.05) is 12.1 Å². The first-order chi connectivity index (χ1) is 13.6. The summed E-state index contributed by atoms with van der Waals surface area (Å²) in [5.74, 6) is -0.958. The third kappa shape index (κ3) is 6.11. The summed E-state index contributed by atoms with van der Waals surface area (Å²) < 4.78 is 5.55. The van der Waals surface area contributed by atoms with Gasteiger partial charge in [0.25, 0.3) is 5.91 Å². The van der Waals surface area contributed by atoms with Crippen molar-refractivity contribution in [1.82, 2.24) is 15.4 Å². The first kappa shape index (κ1) is 22.0. The maximum Gasteiger partial charge on any atom is 0.284 e. The first-order valence-corrected chi connectivity index (χ1v) is 8.74. The van der Waals surface area contributed by atoms with Crippen LogP contribution in [0.3, 0.4) is 0 Å². The van der Waals surface area contributed by atoms with E-state index in [-0.39, 0.29) is 36.3 Å². The molecule has 1 unspecified atom stereocenters. The Morgan fingerprint density at radius 1 is 1.41 bits per heavy atom. The van der Waals surface area contributed by atoms with E-state index in [0.29, 0.717) is 11.1 Å². The molecule has 0 aliphatic carbocycles. The number of hydrogen-bond acceptors (Lipinski definition) is 9. The summed E-state index contributed by atoms with van der Waals surface area (Å²) in [5, 5.41) is 28.0. The summed E-state index contributed by atoms with van der Waals surface area (Å²) in [4.78, 5) is 25.9. The normalized spacial score (nSPS) is 12.1. The third-order valence-electron chi connectivity index (χ3n) is 3.54. The largest absolute Gasteiger partial charge is 0.471 e. The van der Waals surface area contributed by atoms with E-state index in [1.807, 2.05) is 6.07 Å². The van der Waals surface area contributed by atoms with Crippen LogP contribution in [0, 0.1) is 11.3 Å². The number of nitrogen functional groups attached to an aromatic ring is 1. The summed E-state index contributed by atoms with van der Waals surface area (Å²) in [7, 11) is 0. The molecule has 0 saturated heterocycles. The highest BCUT2D eigenvalue weighted by Crippen LogP contribution is 2.27. The fourth-order valence-electron chi connectivity index (χ4n) is 2.17. The number of carbonyl (C=O) groups excluding carboxylic acids is 1. The second kappa shape index (κ2) is 9.29. The zero-order valence-corrected chi connectivity index (χ0v) is 16.3. The van der Waals surface area contributed by atoms with Crippen molar-refractivity contribution < 1.29 is 24.6 Å². The van der Waals surface area contributed by atoms with E-state index in [1.54, 1.807) is 31.2 Å². The summed E-state index contributed by atoms with van der Waals surface area (Å²) in [6.45, 7) is 4.12. The SMILES string of the molecule is CC(CO)Oc1nc(-c2cccc(C#N)c2)nc(N)c1C(=O)NOCC(C)(C)O. The lowest BCUT2D eigenvalue weighted by atomic mass is 10.1. The molecule has 0 spiro atoms. The number of rotatable bonds is 8. The topological polar surface area (TPSA) is 164 Å². The highest BCUT2D eigenvalue weighted by Gasteiger charge is 2.24. The van der Waals surface area contributed by atoms with Gasteiger partial charge in [0.1, 0.15) is 24.1 Å². The predicted octanol–water partition coefficient (Wildman–Crippen LogP) is 0.789. The zero-order valence-electron chi connectivity index (χ0n) is 16.3. The number of aliphatic hydroxyl groups is 2. The Hall–Kier alpha value is -3.26. The van der Waals surface area contributed by atoms with Gasteiger partial charge in [-0.3, -0.25) is 9.63 Å². The maximum atomic E-state index is 12.5. The van der Waals surface area contributed by atoms with Gasteiger partial charge in [-0.15, -0.1) is 0 Å². The minimum absolute atomic E-state index is 0.147. The van der Waals surface area contributed by atoms with E-state index >= 15 is 0 Å². The Morgan fingerprint density at radius 3 is 2.76 bits per heavy atom. The molecule has 1 atom stereocenters. The average Bonchev–Trinajstić information content (AvgIpc) is 2.66. The Balaban J connectivity index is 2.42. The molecule has 0 radical (unpaired) electrons. The first-order valence-electron chi connectivity index (χ1n) is 8.74. The summed E-state index contributed by atoms with van der Waals surface area (Å²) in [6.07, 6.45) is -0.675. The number of nitrogens with zero attached hydrogens (tertiary/aromatic N) is 3. The van der Waals surface area contributed by atoms with Crippen LogP contribution in [0.5, 0.6) is 5.88 Å². The molecule has 10 nitrogen and oxygen atoms in total. The van der Waals surface area contributed by atoms with Crippen molar-refractivity contribution in [2.45, 2.75) is 32.5 Å². The molecule has 0 fully saturated rings. The molecule has 2 aromatic rings. The van der Waals surface area contributed by atoms with Gasteiger partial charge in [0.15, 0.2) is 5.82 Å². The lowest BCUT2D eigenvalue weighted by molar-refractivity contribution is -0.0523. The van der Waals surface area contributed by atoms with Crippen LogP contribution in [0.15, 0.2) is 24.3 Å². The number of aromatic nitrogens is 2. The van der Waals surface area contributed by atoms with Gasteiger partial charge in [0, 0.05) is 5.56 Å². The van der Waals surface area contributed by atoms with Crippen molar-refractivity contribution in [2.24, 2.45) is 0 Å². The predicted molar refractivity (Wildman–Crippen MR) is 103 cm³/mol. The molecule has 0 aliphatic heterocycles. The van der Waals surface area contributed by atoms with Crippen molar-refractivity contribution in [3.05, 3.63) is 35.4 Å². The maximum absolute atomic E-state index is 12.5. The Bertz CT molecular complexity index is 920. The lowest BCUT2D eigenvalue weighted by Gasteiger charge is -2.19. The van der Waals surface area contributed by atoms with Crippen LogP contribution in [0.1, 0.15) is 36.7 Å². The number of nitrogens with one attached hydrogen (secondary N) is 1. The molecule has 0 aliphatic rings. The zero-order chi connectivity index (χ0) is 21.6. The van der Waals surface area contributed by atoms with E-state index in [2.05, 4.69) is 15.4 Å². The van der Waals surface area contributed by atoms with Crippen molar-refractivity contribution in [3.8, 4) is 23.3 Å². The third-order valence-corrected chi connectivity index (χ3v) is 3.54. The number of ether oxygens (including phenoxy) is 1. The number of carbonyl (C=O) groups is 1. The van der Waals surface area contributed by atoms with Crippen LogP contribution in [-0.2, 0) is 4.84 Å². The van der Waals surface area contributed by atoms with E-state index in [1.165, 1.54) is 13.8 Å². The van der Waals surface area contributed by atoms with Gasteiger partial charge >= 0.3 is 0 Å². The average molecular weight is 401 g/mol. The molecule has 10 heteroatoms. The number of anilines is 1. The van der Waals surface area contributed by atoms with Gasteiger partial charge in [0.2, 0.25) is 5.88 Å². The fraction of sp³-hybridized carbons (Fsp3) is 0.368. The number of nitriles is 1. The number of hydroxylamine groups is 1. The number of nitrogens with two attached hydrogens (primary N) is 1. The van der Waals surface area contributed by atoms with E-state index in [9.17, 15) is 15.0 Å². The molecular weight excluding hydrogens is 378 g/mol. The molecule has 154 valence electrons. The molecule has 1 heterocycles. The monoisotopic (exact) mass is 401 g/mol. The lowest BCUT2D eigenvalue weighted by Crippen LogP contribution is -2.34. The van der Waals surface area contributed by atoms with Crippen molar-refractivity contribution in [1.29, 1.82) is 5.26 Å². The second-order valence-electron chi connectivity index (χ2n) is 6.95. The second-order valence-corrected chi connectivity index (χ2v) is 6.95. The quantitative estimate of drug-likeness (QED) is 0.468. The number of amides is 1. The Morgan fingerprint density at radius 2 is 2.14 bits per heavy atom. The van der Waals surface area contributed by atoms with Crippen LogP contribution in [-0.4, -0.2) is 51.0 Å². The fourth-order valence-corrected chi connectivity index (χ4v) is 2.17. The Kier molecular flexibility index (Phi) is 7.06. The molecule has 5 N–H and O–H groups in total. The van der Waals surface area contributed by atoms with Crippen LogP contribution < -0.4 is 16.0 Å². The number of aliphatic hydroxyl groups excluding tert-OH is 1. The van der Waals surface area contributed by atoms with Crippen molar-refractivity contribution in [3.63, 3.8) is 0 Å². The van der Waals surface area contributed by atoms with E-state index in [4.69, 9.17) is 20.6 Å². The van der Waals surface area contributed by atoms with E-state index < -0.39 is 17.6 Å². The van der Waals surface area contributed by atoms with Crippen LogP contribution in [0.25, 0.3) is 11.4 Å². The van der Waals surface area contributed by atoms with Gasteiger partial charge in [-0.05, 0) is 32.9 Å². The summed E-state index contributed by atoms with van der Waals surface area (Å²) >= 11 is 0. The van der Waals surface area contributed by atoms with Gasteiger partial charge in [-0.2, -0.15) is 10.2 Å². The van der Waals surface area contributed by atoms with Crippen LogP contribution in [0.2, 0.25) is 0 Å². The van der Waals surface area contributed by atoms with Gasteiger partial charge in [0.05, 0.1) is 23.8 Å². The molecule has 1 amide bonds. The smallest absolute Gasteiger partial charge is 0.284 e. The molecule has 2 rings (SSSR count). The highest BCUT2D eigenvalue weighted by atomic mass is 16.7. The molecule has 1 aromatic carbocycles. The minimum atomic E-state index is -1.16. The molecule has 1 aromatic heterocycles. The van der Waals surface area contributed by atoms with E-state index in [0.717, 1.165) is 0 Å². The standard InChI is InChI=1S/C19H23N5O5/c1-11(9-25)29-18-14(17(26)24-28-10-19(2,3)27)15(21)22-16(23-18)13-6-4-5-12(7-13)8-20/h4-7,11,25,27H,9-10H2,1-3H3,(H,24,26)(H2,21,22,23). The Labute approximate surface area is 167 Å². The number of hydrogen-bond donors (Lipinski definition) is 4. The van der Waals surface area contributed by atoms with Gasteiger partial charge in [-0.25, -0.2) is 10.5 Å². The molecule has 29 heavy (non-hydrogen) atoms. The molecule has 0 bridgehead atoms. The van der Waals surface area contributed by atoms with Crippen molar-refractivity contribution in [2.75, 3.05) is 18.9 Å². The highest BCUT2D eigenvalue weighted by molar-refractivity contribution is 6.00. The summed E-state index contributed by atoms with van der Waals surface area (Å²) in [5.41, 5.74) is 7.71. The molecule has 0 saturated carbocycles. The number of benzene rings is 1.